The summed E-state index contributed by atoms with van der Waals surface area (Å²) in [6.07, 6.45) is -0.494. The molecular formula is C17H17Cl3N2O. The highest BCUT2D eigenvalue weighted by molar-refractivity contribution is 6.67. The lowest BCUT2D eigenvalue weighted by atomic mass is 10.0. The van der Waals surface area contributed by atoms with Crippen LogP contribution in [-0.2, 0) is 0 Å². The quantitative estimate of drug-likeness (QED) is 0.426. The SMILES string of the molecule is O[C@@H](CC(=NNc1ccccc1)c1ccccc1)CC(Cl)(Cl)Cl. The van der Waals surface area contributed by atoms with Crippen molar-refractivity contribution < 1.29 is 5.11 Å². The van der Waals surface area contributed by atoms with Gasteiger partial charge in [-0.25, -0.2) is 0 Å². The number of halogens is 3. The van der Waals surface area contributed by atoms with E-state index in [1.165, 1.54) is 0 Å². The molecule has 2 aromatic carbocycles. The molecule has 122 valence electrons. The van der Waals surface area contributed by atoms with Crippen molar-refractivity contribution in [2.75, 3.05) is 5.43 Å². The number of nitrogens with one attached hydrogen (secondary N) is 1. The molecule has 2 N–H and O–H groups in total. The first-order valence-corrected chi connectivity index (χ1v) is 8.25. The summed E-state index contributed by atoms with van der Waals surface area (Å²) in [5, 5.41) is 14.6. The maximum absolute atomic E-state index is 10.2. The van der Waals surface area contributed by atoms with E-state index in [9.17, 15) is 5.11 Å². The highest BCUT2D eigenvalue weighted by Gasteiger charge is 2.25. The van der Waals surface area contributed by atoms with Gasteiger partial charge in [-0.3, -0.25) is 5.43 Å². The van der Waals surface area contributed by atoms with Gasteiger partial charge in [0, 0.05) is 12.8 Å². The summed E-state index contributed by atoms with van der Waals surface area (Å²) in [6, 6.07) is 19.2. The van der Waals surface area contributed by atoms with Crippen LogP contribution in [0, 0.1) is 0 Å². The van der Waals surface area contributed by atoms with Crippen LogP contribution >= 0.6 is 34.8 Å². The van der Waals surface area contributed by atoms with Crippen molar-refractivity contribution in [3.63, 3.8) is 0 Å². The first-order chi connectivity index (χ1) is 10.9. The van der Waals surface area contributed by atoms with E-state index in [4.69, 9.17) is 34.8 Å². The second kappa shape index (κ2) is 8.55. The van der Waals surface area contributed by atoms with Crippen molar-refractivity contribution in [2.45, 2.75) is 22.7 Å². The summed E-state index contributed by atoms with van der Waals surface area (Å²) < 4.78 is -1.49. The van der Waals surface area contributed by atoms with Crippen LogP contribution in [0.15, 0.2) is 65.8 Å². The molecule has 0 radical (unpaired) electrons. The van der Waals surface area contributed by atoms with Crippen LogP contribution in [-0.4, -0.2) is 20.7 Å². The molecule has 0 heterocycles. The van der Waals surface area contributed by atoms with Crippen molar-refractivity contribution >= 4 is 46.2 Å². The van der Waals surface area contributed by atoms with Gasteiger partial charge >= 0.3 is 0 Å². The fourth-order valence-corrected chi connectivity index (χ4v) is 2.60. The summed E-state index contributed by atoms with van der Waals surface area (Å²) in [5.41, 5.74) is 5.44. The van der Waals surface area contributed by atoms with Crippen molar-refractivity contribution in [3.8, 4) is 0 Å². The van der Waals surface area contributed by atoms with Crippen molar-refractivity contribution in [1.82, 2.24) is 0 Å². The highest BCUT2D eigenvalue weighted by atomic mass is 35.6. The largest absolute Gasteiger partial charge is 0.393 e. The molecule has 23 heavy (non-hydrogen) atoms. The van der Waals surface area contributed by atoms with E-state index in [1.54, 1.807) is 0 Å². The van der Waals surface area contributed by atoms with Crippen molar-refractivity contribution in [3.05, 3.63) is 66.2 Å². The normalized spacial score (nSPS) is 13.7. The summed E-state index contributed by atoms with van der Waals surface area (Å²) in [5.74, 6) is 0. The lowest BCUT2D eigenvalue weighted by molar-refractivity contribution is 0.174. The van der Waals surface area contributed by atoms with Gasteiger partial charge in [0.05, 0.1) is 17.5 Å². The fraction of sp³-hybridized carbons (Fsp3) is 0.235. The molecule has 0 saturated carbocycles. The molecule has 0 aliphatic heterocycles. The third kappa shape index (κ3) is 6.80. The van der Waals surface area contributed by atoms with E-state index in [0.29, 0.717) is 5.71 Å². The number of aliphatic hydroxyl groups excluding tert-OH is 1. The first kappa shape index (κ1) is 18.1. The number of para-hydroxylation sites is 1. The predicted octanol–water partition coefficient (Wildman–Crippen LogP) is 5.01. The van der Waals surface area contributed by atoms with E-state index < -0.39 is 9.90 Å². The number of hydrogen-bond acceptors (Lipinski definition) is 3. The van der Waals surface area contributed by atoms with Gasteiger partial charge in [0.2, 0.25) is 0 Å². The molecule has 0 fully saturated rings. The summed E-state index contributed by atoms with van der Waals surface area (Å²) >= 11 is 17.2. The molecule has 0 saturated heterocycles. The Morgan fingerprint density at radius 1 is 1.00 bits per heavy atom. The number of alkyl halides is 3. The molecule has 0 aliphatic carbocycles. The lowest BCUT2D eigenvalue weighted by Gasteiger charge is -2.17. The van der Waals surface area contributed by atoms with Crippen molar-refractivity contribution in [1.29, 1.82) is 0 Å². The topological polar surface area (TPSA) is 44.6 Å². The van der Waals surface area contributed by atoms with Crippen LogP contribution in [0.4, 0.5) is 5.69 Å². The maximum Gasteiger partial charge on any atom is 0.193 e. The van der Waals surface area contributed by atoms with Gasteiger partial charge in [0.1, 0.15) is 0 Å². The number of rotatable bonds is 6. The molecular weight excluding hydrogens is 355 g/mol. The van der Waals surface area contributed by atoms with E-state index in [2.05, 4.69) is 10.5 Å². The average molecular weight is 372 g/mol. The Morgan fingerprint density at radius 2 is 1.57 bits per heavy atom. The van der Waals surface area contributed by atoms with Crippen LogP contribution in [0.5, 0.6) is 0 Å². The lowest BCUT2D eigenvalue weighted by Crippen LogP contribution is -2.21. The summed E-state index contributed by atoms with van der Waals surface area (Å²) in [7, 11) is 0. The molecule has 0 unspecified atom stereocenters. The number of hydrogen-bond donors (Lipinski definition) is 2. The summed E-state index contributed by atoms with van der Waals surface area (Å²) in [6.45, 7) is 0. The Hall–Kier alpha value is -1.26. The van der Waals surface area contributed by atoms with Crippen LogP contribution < -0.4 is 5.43 Å². The molecule has 0 aromatic heterocycles. The first-order valence-electron chi connectivity index (χ1n) is 7.12. The van der Waals surface area contributed by atoms with E-state index >= 15 is 0 Å². The Kier molecular flexibility index (Phi) is 6.72. The predicted molar refractivity (Wildman–Crippen MR) is 98.6 cm³/mol. The zero-order valence-electron chi connectivity index (χ0n) is 12.3. The Balaban J connectivity index is 2.15. The zero-order valence-corrected chi connectivity index (χ0v) is 14.6. The van der Waals surface area contributed by atoms with Gasteiger partial charge < -0.3 is 5.11 Å². The molecule has 0 bridgehead atoms. The minimum Gasteiger partial charge on any atom is -0.393 e. The molecule has 0 aliphatic rings. The Morgan fingerprint density at radius 3 is 2.13 bits per heavy atom. The molecule has 0 spiro atoms. The second-order valence-electron chi connectivity index (χ2n) is 5.08. The minimum absolute atomic E-state index is 0.0366. The number of nitrogens with zero attached hydrogens (tertiary/aromatic N) is 1. The number of aliphatic hydroxyl groups is 1. The van der Waals surface area contributed by atoms with Crippen LogP contribution in [0.25, 0.3) is 0 Å². The van der Waals surface area contributed by atoms with Crippen LogP contribution in [0.3, 0.4) is 0 Å². The molecule has 0 amide bonds. The molecule has 2 aromatic rings. The van der Waals surface area contributed by atoms with E-state index in [-0.39, 0.29) is 12.8 Å². The average Bonchev–Trinajstić information content (AvgIpc) is 2.51. The minimum atomic E-state index is -1.49. The Bertz CT molecular complexity index is 627. The maximum atomic E-state index is 10.2. The van der Waals surface area contributed by atoms with Gasteiger partial charge in [-0.2, -0.15) is 5.10 Å². The summed E-state index contributed by atoms with van der Waals surface area (Å²) in [4.78, 5) is 0. The van der Waals surface area contributed by atoms with Gasteiger partial charge in [-0.1, -0.05) is 83.3 Å². The Labute approximate surface area is 150 Å². The zero-order chi connectivity index (χ0) is 16.7. The molecule has 2 rings (SSSR count). The fourth-order valence-electron chi connectivity index (χ4n) is 2.07. The number of benzene rings is 2. The van der Waals surface area contributed by atoms with Gasteiger partial charge in [-0.15, -0.1) is 0 Å². The third-order valence-corrected chi connectivity index (χ3v) is 3.56. The number of anilines is 1. The van der Waals surface area contributed by atoms with Gasteiger partial charge in [0.15, 0.2) is 3.79 Å². The highest BCUT2D eigenvalue weighted by Crippen LogP contribution is 2.32. The van der Waals surface area contributed by atoms with Crippen molar-refractivity contribution in [2.24, 2.45) is 5.10 Å². The molecule has 6 heteroatoms. The monoisotopic (exact) mass is 370 g/mol. The third-order valence-electron chi connectivity index (χ3n) is 3.10. The van der Waals surface area contributed by atoms with Crippen LogP contribution in [0.1, 0.15) is 18.4 Å². The second-order valence-corrected chi connectivity index (χ2v) is 7.60. The van der Waals surface area contributed by atoms with Gasteiger partial charge in [0.25, 0.3) is 0 Å². The van der Waals surface area contributed by atoms with Gasteiger partial charge in [-0.05, 0) is 17.7 Å². The molecule has 3 nitrogen and oxygen atoms in total. The number of hydrazone groups is 1. The van der Waals surface area contributed by atoms with E-state index in [1.807, 2.05) is 60.7 Å². The van der Waals surface area contributed by atoms with E-state index in [0.717, 1.165) is 11.3 Å². The smallest absolute Gasteiger partial charge is 0.193 e. The molecule has 1 atom stereocenters. The van der Waals surface area contributed by atoms with Crippen LogP contribution in [0.2, 0.25) is 0 Å². The standard InChI is InChI=1S/C17H17Cl3N2O/c18-17(19,20)12-15(23)11-16(13-7-3-1-4-8-13)22-21-14-9-5-2-6-10-14/h1-10,15,21,23H,11-12H2/t15-/m0/s1.